The maximum absolute atomic E-state index is 10.8. The molecule has 0 unspecified atom stereocenters. The lowest BCUT2D eigenvalue weighted by atomic mass is 10.0. The molecule has 0 bridgehead atoms. The largest absolute Gasteiger partial charge is 0.387 e. The molecule has 0 aliphatic carbocycles. The quantitative estimate of drug-likeness (QED) is 0.881. The molecular formula is C14H14ClN3O4. The number of amides is 1. The first-order valence-corrected chi connectivity index (χ1v) is 7.10. The number of nitrogens with zero attached hydrogens (tertiary/aromatic N) is 2. The van der Waals surface area contributed by atoms with Gasteiger partial charge in [-0.25, -0.2) is 0 Å². The normalized spacial score (nSPS) is 23.9. The van der Waals surface area contributed by atoms with Gasteiger partial charge in [0.05, 0.1) is 0 Å². The van der Waals surface area contributed by atoms with Crippen LogP contribution in [0.25, 0.3) is 11.4 Å². The van der Waals surface area contributed by atoms with Crippen LogP contribution in [0.1, 0.15) is 18.9 Å². The van der Waals surface area contributed by atoms with Crippen LogP contribution in [0.2, 0.25) is 5.02 Å². The van der Waals surface area contributed by atoms with E-state index in [0.29, 0.717) is 10.8 Å². The Labute approximate surface area is 131 Å². The van der Waals surface area contributed by atoms with E-state index in [0.717, 1.165) is 5.56 Å². The van der Waals surface area contributed by atoms with Crippen LogP contribution in [0.3, 0.4) is 0 Å². The van der Waals surface area contributed by atoms with Crippen molar-refractivity contribution < 1.29 is 19.2 Å². The molecule has 7 nitrogen and oxygen atoms in total. The van der Waals surface area contributed by atoms with E-state index in [-0.39, 0.29) is 18.3 Å². The number of halogens is 1. The van der Waals surface area contributed by atoms with Gasteiger partial charge >= 0.3 is 0 Å². The maximum Gasteiger partial charge on any atom is 0.258 e. The number of aromatic nitrogens is 2. The molecule has 1 saturated heterocycles. The van der Waals surface area contributed by atoms with E-state index >= 15 is 0 Å². The smallest absolute Gasteiger partial charge is 0.258 e. The van der Waals surface area contributed by atoms with Crippen molar-refractivity contribution in [3.05, 3.63) is 35.2 Å². The van der Waals surface area contributed by atoms with Gasteiger partial charge in [-0.15, -0.1) is 0 Å². The molecule has 2 heterocycles. The highest BCUT2D eigenvalue weighted by atomic mass is 35.5. The lowest BCUT2D eigenvalue weighted by molar-refractivity contribution is -0.231. The molecule has 1 amide bonds. The number of carbonyl (C=O) groups is 1. The Bertz CT molecular complexity index is 673. The highest BCUT2D eigenvalue weighted by Gasteiger charge is 2.45. The van der Waals surface area contributed by atoms with Crippen molar-refractivity contribution in [2.75, 3.05) is 6.54 Å². The molecule has 0 spiro atoms. The molecule has 1 aromatic carbocycles. The van der Waals surface area contributed by atoms with Crippen LogP contribution in [0.15, 0.2) is 28.8 Å². The number of hydrogen-bond acceptors (Lipinski definition) is 6. The fourth-order valence-electron chi connectivity index (χ4n) is 2.14. The summed E-state index contributed by atoms with van der Waals surface area (Å²) in [6.45, 7) is 1.64. The van der Waals surface area contributed by atoms with E-state index in [2.05, 4.69) is 15.5 Å². The zero-order chi connectivity index (χ0) is 15.7. The van der Waals surface area contributed by atoms with Crippen LogP contribution >= 0.6 is 11.6 Å². The van der Waals surface area contributed by atoms with Crippen molar-refractivity contribution in [1.82, 2.24) is 15.5 Å². The average molecular weight is 324 g/mol. The summed E-state index contributed by atoms with van der Waals surface area (Å²) in [4.78, 5) is 15.1. The minimum Gasteiger partial charge on any atom is -0.387 e. The number of benzene rings is 1. The number of ether oxygens (including phenoxy) is 1. The van der Waals surface area contributed by atoms with E-state index in [1.165, 1.54) is 6.92 Å². The molecule has 1 aliphatic heterocycles. The summed E-state index contributed by atoms with van der Waals surface area (Å²) < 4.78 is 10.6. The van der Waals surface area contributed by atoms with Crippen LogP contribution in [0.4, 0.5) is 0 Å². The summed E-state index contributed by atoms with van der Waals surface area (Å²) in [7, 11) is 0. The first-order valence-electron chi connectivity index (χ1n) is 6.72. The van der Waals surface area contributed by atoms with Crippen LogP contribution in [-0.2, 0) is 9.53 Å². The molecule has 1 aromatic heterocycles. The summed E-state index contributed by atoms with van der Waals surface area (Å²) >= 11 is 5.83. The predicted molar refractivity (Wildman–Crippen MR) is 77.0 cm³/mol. The summed E-state index contributed by atoms with van der Waals surface area (Å²) in [6, 6.07) is 7.00. The highest BCUT2D eigenvalue weighted by Crippen LogP contribution is 2.35. The molecule has 2 aromatic rings. The minimum absolute atomic E-state index is 0.179. The van der Waals surface area contributed by atoms with Gasteiger partial charge in [-0.3, -0.25) is 4.79 Å². The van der Waals surface area contributed by atoms with Crippen molar-refractivity contribution >= 4 is 17.5 Å². The van der Waals surface area contributed by atoms with E-state index < -0.39 is 18.3 Å². The van der Waals surface area contributed by atoms with Gasteiger partial charge in [0, 0.05) is 24.1 Å². The molecule has 3 atom stereocenters. The molecule has 1 aliphatic rings. The summed E-state index contributed by atoms with van der Waals surface area (Å²) in [5, 5.41) is 17.1. The Morgan fingerprint density at radius 1 is 1.41 bits per heavy atom. The first kappa shape index (κ1) is 15.0. The van der Waals surface area contributed by atoms with E-state index in [1.807, 2.05) is 0 Å². The average Bonchev–Trinajstić information content (AvgIpc) is 2.95. The Hall–Kier alpha value is -1.96. The molecule has 22 heavy (non-hydrogen) atoms. The summed E-state index contributed by atoms with van der Waals surface area (Å²) in [5.74, 6) is 0.423. The van der Waals surface area contributed by atoms with E-state index in [1.54, 1.807) is 24.3 Å². The van der Waals surface area contributed by atoms with Gasteiger partial charge in [0.1, 0.15) is 12.2 Å². The number of aliphatic hydroxyl groups is 1. The second kappa shape index (κ2) is 6.04. The third-order valence-electron chi connectivity index (χ3n) is 3.35. The Morgan fingerprint density at radius 2 is 2.14 bits per heavy atom. The Kier molecular flexibility index (Phi) is 4.10. The van der Waals surface area contributed by atoms with E-state index in [9.17, 15) is 9.90 Å². The zero-order valence-corrected chi connectivity index (χ0v) is 12.4. The topological polar surface area (TPSA) is 97.5 Å². The fraction of sp³-hybridized carbons (Fsp3) is 0.357. The van der Waals surface area contributed by atoms with Crippen molar-refractivity contribution in [3.63, 3.8) is 0 Å². The molecule has 1 fully saturated rings. The second-order valence-corrected chi connectivity index (χ2v) is 5.42. The second-order valence-electron chi connectivity index (χ2n) is 4.99. The van der Waals surface area contributed by atoms with Gasteiger partial charge in [0.15, 0.2) is 6.10 Å². The SMILES string of the molecule is CC(=O)NC[C@H]1O[C@H](c2nc(-c3ccc(Cl)cc3)no2)[C@H]1O. The number of carbonyl (C=O) groups excluding carboxylic acids is 1. The molecule has 0 radical (unpaired) electrons. The standard InChI is InChI=1S/C14H14ClN3O4/c1-7(19)16-6-10-11(20)12(21-10)14-17-13(18-22-14)8-2-4-9(15)5-3-8/h2-5,10-12,20H,6H2,1H3,(H,16,19)/t10-,11+,12+/m1/s1. The van der Waals surface area contributed by atoms with Crippen LogP contribution in [0.5, 0.6) is 0 Å². The van der Waals surface area contributed by atoms with Crippen molar-refractivity contribution in [2.45, 2.75) is 25.2 Å². The number of aliphatic hydroxyl groups excluding tert-OH is 1. The molecule has 3 rings (SSSR count). The minimum atomic E-state index is -0.801. The molecule has 8 heteroatoms. The van der Waals surface area contributed by atoms with Crippen molar-refractivity contribution in [1.29, 1.82) is 0 Å². The molecule has 116 valence electrons. The highest BCUT2D eigenvalue weighted by molar-refractivity contribution is 6.30. The number of hydrogen-bond donors (Lipinski definition) is 2. The van der Waals surface area contributed by atoms with Crippen LogP contribution in [-0.4, -0.2) is 39.9 Å². The predicted octanol–water partition coefficient (Wildman–Crippen LogP) is 1.33. The fourth-order valence-corrected chi connectivity index (χ4v) is 2.27. The van der Waals surface area contributed by atoms with Crippen molar-refractivity contribution in [2.24, 2.45) is 0 Å². The third kappa shape index (κ3) is 2.96. The number of nitrogens with one attached hydrogen (secondary N) is 1. The molecule has 2 N–H and O–H groups in total. The van der Waals surface area contributed by atoms with Gasteiger partial charge in [-0.2, -0.15) is 4.98 Å². The van der Waals surface area contributed by atoms with Crippen LogP contribution in [0, 0.1) is 0 Å². The third-order valence-corrected chi connectivity index (χ3v) is 3.60. The molecular weight excluding hydrogens is 310 g/mol. The maximum atomic E-state index is 10.8. The molecule has 0 saturated carbocycles. The Balaban J connectivity index is 1.65. The number of rotatable bonds is 4. The van der Waals surface area contributed by atoms with Gasteiger partial charge in [-0.05, 0) is 24.3 Å². The lowest BCUT2D eigenvalue weighted by Crippen LogP contribution is -2.53. The zero-order valence-electron chi connectivity index (χ0n) is 11.7. The summed E-state index contributed by atoms with van der Waals surface area (Å²) in [5.41, 5.74) is 0.753. The first-order chi connectivity index (χ1) is 10.5. The summed E-state index contributed by atoms with van der Waals surface area (Å²) in [6.07, 6.45) is -1.95. The lowest BCUT2D eigenvalue weighted by Gasteiger charge is -2.39. The van der Waals surface area contributed by atoms with Gasteiger partial charge in [0.25, 0.3) is 5.89 Å². The Morgan fingerprint density at radius 3 is 2.77 bits per heavy atom. The monoisotopic (exact) mass is 323 g/mol. The van der Waals surface area contributed by atoms with Gasteiger partial charge < -0.3 is 19.7 Å². The van der Waals surface area contributed by atoms with Crippen molar-refractivity contribution in [3.8, 4) is 11.4 Å². The van der Waals surface area contributed by atoms with Gasteiger partial charge in [0.2, 0.25) is 11.7 Å². The van der Waals surface area contributed by atoms with Crippen LogP contribution < -0.4 is 5.32 Å². The van der Waals surface area contributed by atoms with E-state index in [4.69, 9.17) is 20.9 Å². The van der Waals surface area contributed by atoms with Gasteiger partial charge in [-0.1, -0.05) is 16.8 Å².